The predicted molar refractivity (Wildman–Crippen MR) is 108 cm³/mol. The van der Waals surface area contributed by atoms with Crippen molar-refractivity contribution in [2.45, 2.75) is 39.3 Å². The largest absolute Gasteiger partial charge is 0.376 e. The van der Waals surface area contributed by atoms with Crippen molar-refractivity contribution < 1.29 is 13.9 Å². The van der Waals surface area contributed by atoms with Crippen LogP contribution in [-0.2, 0) is 18.3 Å². The third-order valence-corrected chi connectivity index (χ3v) is 5.32. The minimum absolute atomic E-state index is 0.000861. The van der Waals surface area contributed by atoms with E-state index in [4.69, 9.17) is 4.74 Å². The van der Waals surface area contributed by atoms with E-state index in [1.807, 2.05) is 33.0 Å². The van der Waals surface area contributed by atoms with Crippen LogP contribution in [0.5, 0.6) is 0 Å². The van der Waals surface area contributed by atoms with Crippen LogP contribution in [0, 0.1) is 19.7 Å². The Kier molecular flexibility index (Phi) is 5.32. The molecule has 1 unspecified atom stereocenters. The summed E-state index contributed by atoms with van der Waals surface area (Å²) in [7, 11) is 1.83. The first-order valence-corrected chi connectivity index (χ1v) is 9.88. The molecule has 1 amide bonds. The summed E-state index contributed by atoms with van der Waals surface area (Å²) >= 11 is 0. The molecule has 1 aliphatic rings. The van der Waals surface area contributed by atoms with Gasteiger partial charge in [-0.2, -0.15) is 5.10 Å². The number of pyridine rings is 1. The molecule has 3 heterocycles. The molecule has 1 fully saturated rings. The Bertz CT molecular complexity index is 1060. The first kappa shape index (κ1) is 19.5. The molecule has 6 nitrogen and oxygen atoms in total. The smallest absolute Gasteiger partial charge is 0.255 e. The highest BCUT2D eigenvalue weighted by Gasteiger charge is 2.26. The van der Waals surface area contributed by atoms with E-state index < -0.39 is 0 Å². The first-order chi connectivity index (χ1) is 13.9. The zero-order chi connectivity index (χ0) is 20.5. The fourth-order valence-electron chi connectivity index (χ4n) is 4.02. The summed E-state index contributed by atoms with van der Waals surface area (Å²) in [5.41, 5.74) is 3.54. The SMILES string of the molecule is Cc1cc(C(=O)N(Cc2cccc(F)c2)CC2CCCO2)c2c(C)nn(C)c2n1. The Hall–Kier alpha value is -2.80. The Labute approximate surface area is 169 Å². The van der Waals surface area contributed by atoms with E-state index in [1.165, 1.54) is 12.1 Å². The highest BCUT2D eigenvalue weighted by molar-refractivity contribution is 6.06. The summed E-state index contributed by atoms with van der Waals surface area (Å²) in [6.07, 6.45) is 1.91. The molecule has 0 N–H and O–H groups in total. The summed E-state index contributed by atoms with van der Waals surface area (Å²) in [6, 6.07) is 8.19. The minimum atomic E-state index is -0.308. The number of amides is 1. The standard InChI is InChI=1S/C22H25FN4O2/c1-14-10-19(20-15(2)25-26(3)21(20)24-14)22(28)27(13-18-8-5-9-29-18)12-16-6-4-7-17(23)11-16/h4,6-7,10-11,18H,5,8-9,12-13H2,1-3H3. The molecule has 1 aromatic carbocycles. The molecule has 0 saturated carbocycles. The summed E-state index contributed by atoms with van der Waals surface area (Å²) < 4.78 is 21.2. The number of nitrogens with zero attached hydrogens (tertiary/aromatic N) is 4. The maximum atomic E-state index is 13.7. The lowest BCUT2D eigenvalue weighted by Gasteiger charge is -2.26. The van der Waals surface area contributed by atoms with E-state index >= 15 is 0 Å². The van der Waals surface area contributed by atoms with E-state index in [9.17, 15) is 9.18 Å². The number of benzene rings is 1. The Morgan fingerprint density at radius 2 is 2.17 bits per heavy atom. The van der Waals surface area contributed by atoms with Gasteiger partial charge in [0.05, 0.1) is 22.7 Å². The molecule has 7 heteroatoms. The van der Waals surface area contributed by atoms with Crippen molar-refractivity contribution in [1.29, 1.82) is 0 Å². The molecule has 4 rings (SSSR count). The second-order valence-electron chi connectivity index (χ2n) is 7.67. The molecule has 3 aromatic rings. The topological polar surface area (TPSA) is 60.3 Å². The van der Waals surface area contributed by atoms with Crippen LogP contribution >= 0.6 is 0 Å². The molecule has 0 aliphatic carbocycles. The molecule has 0 spiro atoms. The Morgan fingerprint density at radius 3 is 2.90 bits per heavy atom. The van der Waals surface area contributed by atoms with Crippen LogP contribution in [0.15, 0.2) is 30.3 Å². The number of rotatable bonds is 5. The van der Waals surface area contributed by atoms with Gasteiger partial charge < -0.3 is 9.64 Å². The van der Waals surface area contributed by atoms with Gasteiger partial charge in [0.25, 0.3) is 5.91 Å². The third kappa shape index (κ3) is 4.00. The molecular weight excluding hydrogens is 371 g/mol. The van der Waals surface area contributed by atoms with E-state index in [1.54, 1.807) is 15.6 Å². The number of halogens is 1. The van der Waals surface area contributed by atoms with Crippen molar-refractivity contribution in [3.63, 3.8) is 0 Å². The molecule has 0 bridgehead atoms. The van der Waals surface area contributed by atoms with Crippen molar-refractivity contribution >= 4 is 16.9 Å². The molecule has 1 aliphatic heterocycles. The van der Waals surface area contributed by atoms with Gasteiger partial charge in [-0.1, -0.05) is 12.1 Å². The van der Waals surface area contributed by atoms with Crippen LogP contribution in [-0.4, -0.2) is 44.8 Å². The van der Waals surface area contributed by atoms with E-state index in [2.05, 4.69) is 10.1 Å². The molecule has 1 atom stereocenters. The van der Waals surface area contributed by atoms with Gasteiger partial charge in [0.2, 0.25) is 0 Å². The van der Waals surface area contributed by atoms with Crippen molar-refractivity contribution in [2.75, 3.05) is 13.2 Å². The number of ether oxygens (including phenoxy) is 1. The van der Waals surface area contributed by atoms with Gasteiger partial charge in [-0.15, -0.1) is 0 Å². The highest BCUT2D eigenvalue weighted by atomic mass is 19.1. The van der Waals surface area contributed by atoms with Crippen LogP contribution in [0.3, 0.4) is 0 Å². The maximum absolute atomic E-state index is 13.7. The van der Waals surface area contributed by atoms with Gasteiger partial charge in [-0.3, -0.25) is 9.48 Å². The van der Waals surface area contributed by atoms with Crippen LogP contribution < -0.4 is 0 Å². The first-order valence-electron chi connectivity index (χ1n) is 9.88. The Balaban J connectivity index is 1.73. The molecule has 29 heavy (non-hydrogen) atoms. The van der Waals surface area contributed by atoms with Gasteiger partial charge in [0.1, 0.15) is 5.82 Å². The normalized spacial score (nSPS) is 16.5. The fraction of sp³-hybridized carbons (Fsp3) is 0.409. The lowest BCUT2D eigenvalue weighted by molar-refractivity contribution is 0.0508. The highest BCUT2D eigenvalue weighted by Crippen LogP contribution is 2.25. The van der Waals surface area contributed by atoms with Crippen molar-refractivity contribution in [1.82, 2.24) is 19.7 Å². The van der Waals surface area contributed by atoms with Gasteiger partial charge >= 0.3 is 0 Å². The van der Waals surface area contributed by atoms with Crippen molar-refractivity contribution in [2.24, 2.45) is 7.05 Å². The second kappa shape index (κ2) is 7.91. The Morgan fingerprint density at radius 1 is 1.34 bits per heavy atom. The van der Waals surface area contributed by atoms with Crippen LogP contribution in [0.2, 0.25) is 0 Å². The predicted octanol–water partition coefficient (Wildman–Crippen LogP) is 3.55. The van der Waals surface area contributed by atoms with Gasteiger partial charge in [0.15, 0.2) is 5.65 Å². The van der Waals surface area contributed by atoms with E-state index in [0.717, 1.165) is 35.2 Å². The third-order valence-electron chi connectivity index (χ3n) is 5.32. The number of hydrogen-bond acceptors (Lipinski definition) is 4. The quantitative estimate of drug-likeness (QED) is 0.662. The number of carbonyl (C=O) groups excluding carboxylic acids is 1. The van der Waals surface area contributed by atoms with E-state index in [-0.39, 0.29) is 17.8 Å². The van der Waals surface area contributed by atoms with Crippen LogP contribution in [0.25, 0.3) is 11.0 Å². The lowest BCUT2D eigenvalue weighted by atomic mass is 10.1. The number of aromatic nitrogens is 3. The summed E-state index contributed by atoms with van der Waals surface area (Å²) in [5, 5.41) is 5.21. The second-order valence-corrected chi connectivity index (χ2v) is 7.67. The van der Waals surface area contributed by atoms with Gasteiger partial charge in [-0.25, -0.2) is 9.37 Å². The monoisotopic (exact) mass is 396 g/mol. The van der Waals surface area contributed by atoms with Crippen LogP contribution in [0.4, 0.5) is 4.39 Å². The summed E-state index contributed by atoms with van der Waals surface area (Å²) in [4.78, 5) is 20.0. The number of hydrogen-bond donors (Lipinski definition) is 0. The molecule has 2 aromatic heterocycles. The molecular formula is C22H25FN4O2. The number of fused-ring (bicyclic) bond motifs is 1. The van der Waals surface area contributed by atoms with E-state index in [0.29, 0.717) is 30.9 Å². The zero-order valence-electron chi connectivity index (χ0n) is 17.0. The summed E-state index contributed by atoms with van der Waals surface area (Å²) in [6.45, 7) is 5.26. The maximum Gasteiger partial charge on any atom is 0.255 e. The number of carbonyl (C=O) groups is 1. The summed E-state index contributed by atoms with van der Waals surface area (Å²) in [5.74, 6) is -0.423. The number of aryl methyl sites for hydroxylation is 3. The van der Waals surface area contributed by atoms with Crippen molar-refractivity contribution in [3.8, 4) is 0 Å². The van der Waals surface area contributed by atoms with Gasteiger partial charge in [0, 0.05) is 32.4 Å². The minimum Gasteiger partial charge on any atom is -0.376 e. The van der Waals surface area contributed by atoms with Gasteiger partial charge in [-0.05, 0) is 50.5 Å². The average Bonchev–Trinajstić information content (AvgIpc) is 3.28. The molecule has 152 valence electrons. The lowest BCUT2D eigenvalue weighted by Crippen LogP contribution is -2.37. The molecule has 1 saturated heterocycles. The van der Waals surface area contributed by atoms with Crippen molar-refractivity contribution in [3.05, 3.63) is 58.7 Å². The molecule has 0 radical (unpaired) electrons. The fourth-order valence-corrected chi connectivity index (χ4v) is 4.02. The zero-order valence-corrected chi connectivity index (χ0v) is 17.0. The average molecular weight is 396 g/mol. The van der Waals surface area contributed by atoms with Crippen LogP contribution in [0.1, 0.15) is 40.2 Å².